The molecule has 2 heterocycles. The average Bonchev–Trinajstić information content (AvgIpc) is 2.85. The first-order valence-electron chi connectivity index (χ1n) is 5.69. The van der Waals surface area contributed by atoms with Gasteiger partial charge in [0.05, 0.1) is 3.79 Å². The number of carbonyl (C=O) groups is 2. The van der Waals surface area contributed by atoms with Gasteiger partial charge < -0.3 is 4.90 Å². The molecule has 1 atom stereocenters. The molecule has 1 aromatic heterocycles. The van der Waals surface area contributed by atoms with E-state index in [0.717, 1.165) is 21.6 Å². The molecular formula is C12H14BrNO2S2. The SMILES string of the molecule is CC(=O)SCC1CC(=O)N(Cc2ccsc2Br)C1. The Morgan fingerprint density at radius 1 is 1.67 bits per heavy atom. The van der Waals surface area contributed by atoms with E-state index in [4.69, 9.17) is 0 Å². The molecule has 0 radical (unpaired) electrons. The molecule has 1 amide bonds. The second kappa shape index (κ2) is 6.21. The molecule has 1 aromatic rings. The fraction of sp³-hybridized carbons (Fsp3) is 0.500. The Balaban J connectivity index is 1.89. The van der Waals surface area contributed by atoms with Gasteiger partial charge in [-0.1, -0.05) is 11.8 Å². The van der Waals surface area contributed by atoms with E-state index in [1.165, 1.54) is 11.8 Å². The molecule has 2 rings (SSSR count). The third-order valence-electron chi connectivity index (χ3n) is 2.87. The van der Waals surface area contributed by atoms with Gasteiger partial charge in [0, 0.05) is 32.2 Å². The molecule has 3 nitrogen and oxygen atoms in total. The van der Waals surface area contributed by atoms with Crippen LogP contribution in [0.1, 0.15) is 18.9 Å². The molecule has 0 spiro atoms. The van der Waals surface area contributed by atoms with Crippen LogP contribution in [0.15, 0.2) is 15.2 Å². The molecule has 0 aromatic carbocycles. The topological polar surface area (TPSA) is 37.4 Å². The largest absolute Gasteiger partial charge is 0.338 e. The van der Waals surface area contributed by atoms with Crippen molar-refractivity contribution >= 4 is 50.1 Å². The van der Waals surface area contributed by atoms with E-state index in [9.17, 15) is 9.59 Å². The number of carbonyl (C=O) groups excluding carboxylic acids is 2. The monoisotopic (exact) mass is 347 g/mol. The van der Waals surface area contributed by atoms with Crippen molar-refractivity contribution in [3.8, 4) is 0 Å². The molecule has 0 N–H and O–H groups in total. The van der Waals surface area contributed by atoms with Crippen LogP contribution >= 0.6 is 39.0 Å². The van der Waals surface area contributed by atoms with Crippen LogP contribution in [0.2, 0.25) is 0 Å². The van der Waals surface area contributed by atoms with Crippen LogP contribution < -0.4 is 0 Å². The zero-order valence-corrected chi connectivity index (χ0v) is 13.2. The lowest BCUT2D eigenvalue weighted by Gasteiger charge is -2.16. The smallest absolute Gasteiger partial charge is 0.223 e. The number of amides is 1. The van der Waals surface area contributed by atoms with Gasteiger partial charge in [-0.2, -0.15) is 0 Å². The predicted molar refractivity (Wildman–Crippen MR) is 78.7 cm³/mol. The van der Waals surface area contributed by atoms with Gasteiger partial charge in [-0.05, 0) is 38.9 Å². The summed E-state index contributed by atoms with van der Waals surface area (Å²) in [6, 6.07) is 2.04. The number of thioether (sulfide) groups is 1. The highest BCUT2D eigenvalue weighted by Crippen LogP contribution is 2.28. The van der Waals surface area contributed by atoms with Gasteiger partial charge in [0.25, 0.3) is 0 Å². The summed E-state index contributed by atoms with van der Waals surface area (Å²) in [7, 11) is 0. The van der Waals surface area contributed by atoms with Crippen molar-refractivity contribution < 1.29 is 9.59 Å². The van der Waals surface area contributed by atoms with E-state index >= 15 is 0 Å². The third-order valence-corrected chi connectivity index (χ3v) is 5.73. The van der Waals surface area contributed by atoms with Gasteiger partial charge in [0.15, 0.2) is 5.12 Å². The van der Waals surface area contributed by atoms with Crippen LogP contribution in [0, 0.1) is 5.92 Å². The van der Waals surface area contributed by atoms with Gasteiger partial charge in [-0.25, -0.2) is 0 Å². The van der Waals surface area contributed by atoms with Gasteiger partial charge in [0.1, 0.15) is 0 Å². The number of likely N-dealkylation sites (tertiary alicyclic amines) is 1. The lowest BCUT2D eigenvalue weighted by Crippen LogP contribution is -2.24. The minimum atomic E-state index is 0.126. The van der Waals surface area contributed by atoms with Crippen LogP contribution in [0.4, 0.5) is 0 Å². The van der Waals surface area contributed by atoms with E-state index < -0.39 is 0 Å². The molecule has 1 fully saturated rings. The van der Waals surface area contributed by atoms with Crippen LogP contribution in [-0.2, 0) is 16.1 Å². The molecule has 0 aliphatic carbocycles. The van der Waals surface area contributed by atoms with Crippen molar-refractivity contribution in [3.63, 3.8) is 0 Å². The average molecular weight is 348 g/mol. The quantitative estimate of drug-likeness (QED) is 0.839. The molecule has 6 heteroatoms. The fourth-order valence-corrected chi connectivity index (χ4v) is 3.90. The van der Waals surface area contributed by atoms with Crippen molar-refractivity contribution in [2.75, 3.05) is 12.3 Å². The minimum Gasteiger partial charge on any atom is -0.338 e. The minimum absolute atomic E-state index is 0.126. The van der Waals surface area contributed by atoms with Crippen LogP contribution in [-0.4, -0.2) is 28.2 Å². The van der Waals surface area contributed by atoms with Crippen LogP contribution in [0.5, 0.6) is 0 Å². The molecule has 1 aliphatic heterocycles. The predicted octanol–water partition coefficient (Wildman–Crippen LogP) is 3.14. The molecule has 1 unspecified atom stereocenters. The maximum Gasteiger partial charge on any atom is 0.223 e. The van der Waals surface area contributed by atoms with Crippen molar-refractivity contribution in [2.24, 2.45) is 5.92 Å². The van der Waals surface area contributed by atoms with E-state index in [2.05, 4.69) is 15.9 Å². The summed E-state index contributed by atoms with van der Waals surface area (Å²) in [5.41, 5.74) is 1.16. The highest BCUT2D eigenvalue weighted by molar-refractivity contribution is 9.11. The van der Waals surface area contributed by atoms with Crippen molar-refractivity contribution in [3.05, 3.63) is 20.8 Å². The van der Waals surface area contributed by atoms with Gasteiger partial charge >= 0.3 is 0 Å². The number of nitrogens with zero attached hydrogens (tertiary/aromatic N) is 1. The Kier molecular flexibility index (Phi) is 4.86. The lowest BCUT2D eigenvalue weighted by molar-refractivity contribution is -0.128. The molecule has 18 heavy (non-hydrogen) atoms. The summed E-state index contributed by atoms with van der Waals surface area (Å²) in [4.78, 5) is 24.7. The zero-order valence-electron chi connectivity index (χ0n) is 10.0. The summed E-state index contributed by atoms with van der Waals surface area (Å²) in [5, 5.41) is 2.14. The summed E-state index contributed by atoms with van der Waals surface area (Å²) >= 11 is 6.44. The molecule has 0 bridgehead atoms. The van der Waals surface area contributed by atoms with E-state index in [-0.39, 0.29) is 11.0 Å². The summed E-state index contributed by atoms with van der Waals surface area (Å²) < 4.78 is 1.09. The first-order valence-corrected chi connectivity index (χ1v) is 8.35. The van der Waals surface area contributed by atoms with Gasteiger partial charge in [-0.15, -0.1) is 11.3 Å². The normalized spacial score (nSPS) is 19.6. The standard InChI is InChI=1S/C12H14BrNO2S2/c1-8(15)18-7-9-4-11(16)14(5-9)6-10-2-3-17-12(10)13/h2-3,9H,4-7H2,1H3. The third kappa shape index (κ3) is 3.59. The maximum absolute atomic E-state index is 11.9. The Labute approximate surface area is 123 Å². The van der Waals surface area contributed by atoms with E-state index in [1.807, 2.05) is 16.3 Å². The second-order valence-corrected chi connectivity index (χ2v) is 7.80. The molecule has 1 saturated heterocycles. The first-order chi connectivity index (χ1) is 8.56. The molecule has 98 valence electrons. The van der Waals surface area contributed by atoms with Crippen molar-refractivity contribution in [1.29, 1.82) is 0 Å². The Bertz CT molecular complexity index is 461. The zero-order chi connectivity index (χ0) is 13.1. The summed E-state index contributed by atoms with van der Waals surface area (Å²) in [5.74, 6) is 1.26. The lowest BCUT2D eigenvalue weighted by atomic mass is 10.1. The van der Waals surface area contributed by atoms with Crippen LogP contribution in [0.25, 0.3) is 0 Å². The molecule has 1 aliphatic rings. The number of thiophene rings is 1. The van der Waals surface area contributed by atoms with Crippen molar-refractivity contribution in [2.45, 2.75) is 19.9 Å². The fourth-order valence-electron chi connectivity index (χ4n) is 1.99. The highest BCUT2D eigenvalue weighted by Gasteiger charge is 2.30. The molecular weight excluding hydrogens is 334 g/mol. The number of hydrogen-bond donors (Lipinski definition) is 0. The van der Waals surface area contributed by atoms with Crippen LogP contribution in [0.3, 0.4) is 0 Å². The first kappa shape index (κ1) is 14.1. The van der Waals surface area contributed by atoms with E-state index in [1.54, 1.807) is 18.3 Å². The second-order valence-electron chi connectivity index (χ2n) is 4.37. The Morgan fingerprint density at radius 3 is 3.06 bits per heavy atom. The molecule has 0 saturated carbocycles. The van der Waals surface area contributed by atoms with Gasteiger partial charge in [0.2, 0.25) is 5.91 Å². The highest BCUT2D eigenvalue weighted by atomic mass is 79.9. The number of rotatable bonds is 4. The van der Waals surface area contributed by atoms with E-state index in [0.29, 0.717) is 18.9 Å². The summed E-state index contributed by atoms with van der Waals surface area (Å²) in [6.45, 7) is 3.01. The number of hydrogen-bond acceptors (Lipinski definition) is 4. The number of halogens is 1. The maximum atomic E-state index is 11.9. The van der Waals surface area contributed by atoms with Gasteiger partial charge in [-0.3, -0.25) is 9.59 Å². The Morgan fingerprint density at radius 2 is 2.44 bits per heavy atom. The Hall–Kier alpha value is -0.330. The van der Waals surface area contributed by atoms with Crippen molar-refractivity contribution in [1.82, 2.24) is 4.90 Å². The summed E-state index contributed by atoms with van der Waals surface area (Å²) in [6.07, 6.45) is 0.571.